The fourth-order valence-corrected chi connectivity index (χ4v) is 2.77. The van der Waals surface area contributed by atoms with Gasteiger partial charge >= 0.3 is 0 Å². The Labute approximate surface area is 139 Å². The van der Waals surface area contributed by atoms with E-state index in [0.29, 0.717) is 16.3 Å². The summed E-state index contributed by atoms with van der Waals surface area (Å²) < 4.78 is 2.40. The summed E-state index contributed by atoms with van der Waals surface area (Å²) in [6.07, 6.45) is 0. The van der Waals surface area contributed by atoms with E-state index in [9.17, 15) is 0 Å². The topological polar surface area (TPSA) is 36.9 Å². The average Bonchev–Trinajstić information content (AvgIpc) is 2.89. The van der Waals surface area contributed by atoms with Crippen LogP contribution in [0.3, 0.4) is 0 Å². The minimum absolute atomic E-state index is 0.532. The highest BCUT2D eigenvalue weighted by Gasteiger charge is 2.13. The molecular weight excluding hydrogens is 316 g/mol. The van der Waals surface area contributed by atoms with Gasteiger partial charge in [0.25, 0.3) is 0 Å². The Morgan fingerprint density at radius 1 is 1.14 bits per heavy atom. The fraction of sp³-hybridized carbons (Fsp3) is 0.125. The Hall–Kier alpha value is -2.11. The number of nitrogens with one attached hydrogen (secondary N) is 1. The van der Waals surface area contributed by atoms with Crippen molar-refractivity contribution >= 4 is 29.5 Å². The van der Waals surface area contributed by atoms with Gasteiger partial charge in [0.15, 0.2) is 10.6 Å². The molecule has 22 heavy (non-hydrogen) atoms. The van der Waals surface area contributed by atoms with Crippen molar-refractivity contribution in [3.8, 4) is 5.69 Å². The van der Waals surface area contributed by atoms with Crippen LogP contribution < -0.4 is 4.90 Å². The SMILES string of the molecule is CN(Cc1n[nH]c(=S)n1-c1ccccc1Cl)c1ccccc1. The monoisotopic (exact) mass is 330 g/mol. The highest BCUT2D eigenvalue weighted by Crippen LogP contribution is 2.22. The third kappa shape index (κ3) is 2.91. The summed E-state index contributed by atoms with van der Waals surface area (Å²) >= 11 is 11.6. The molecule has 0 saturated heterocycles. The summed E-state index contributed by atoms with van der Waals surface area (Å²) in [6, 6.07) is 17.7. The first-order valence-electron chi connectivity index (χ1n) is 6.84. The van der Waals surface area contributed by atoms with Crippen LogP contribution in [0.1, 0.15) is 5.82 Å². The number of hydrogen-bond acceptors (Lipinski definition) is 3. The zero-order valence-corrected chi connectivity index (χ0v) is 13.6. The second kappa shape index (κ2) is 6.34. The van der Waals surface area contributed by atoms with E-state index in [0.717, 1.165) is 17.2 Å². The first-order chi connectivity index (χ1) is 10.7. The third-order valence-corrected chi connectivity index (χ3v) is 4.00. The predicted molar refractivity (Wildman–Crippen MR) is 92.3 cm³/mol. The number of benzene rings is 2. The molecule has 1 heterocycles. The molecule has 0 aliphatic carbocycles. The number of anilines is 1. The molecule has 4 nitrogen and oxygen atoms in total. The zero-order chi connectivity index (χ0) is 15.5. The first-order valence-corrected chi connectivity index (χ1v) is 7.63. The standard InChI is InChI=1S/C16H15ClN4S/c1-20(12-7-3-2-4-8-12)11-15-18-19-16(22)21(15)14-10-6-5-9-13(14)17/h2-10H,11H2,1H3,(H,19,22). The zero-order valence-electron chi connectivity index (χ0n) is 12.0. The molecule has 0 amide bonds. The van der Waals surface area contributed by atoms with Crippen molar-refractivity contribution in [3.05, 3.63) is 70.2 Å². The van der Waals surface area contributed by atoms with E-state index in [-0.39, 0.29) is 0 Å². The predicted octanol–water partition coefficient (Wildman–Crippen LogP) is 4.22. The average molecular weight is 331 g/mol. The number of aromatic amines is 1. The van der Waals surface area contributed by atoms with Gasteiger partial charge in [-0.15, -0.1) is 0 Å². The minimum Gasteiger partial charge on any atom is -0.367 e. The van der Waals surface area contributed by atoms with Crippen LogP contribution in [-0.4, -0.2) is 21.8 Å². The number of rotatable bonds is 4. The van der Waals surface area contributed by atoms with E-state index in [1.807, 2.05) is 54.1 Å². The second-order valence-electron chi connectivity index (χ2n) is 4.92. The van der Waals surface area contributed by atoms with Crippen LogP contribution in [0.15, 0.2) is 54.6 Å². The molecule has 0 fully saturated rings. The maximum Gasteiger partial charge on any atom is 0.199 e. The molecule has 1 N–H and O–H groups in total. The molecule has 0 atom stereocenters. The second-order valence-corrected chi connectivity index (χ2v) is 5.72. The molecule has 1 aromatic heterocycles. The minimum atomic E-state index is 0.532. The molecule has 0 spiro atoms. The van der Waals surface area contributed by atoms with Gasteiger partial charge in [-0.1, -0.05) is 41.9 Å². The summed E-state index contributed by atoms with van der Waals surface area (Å²) in [5.74, 6) is 0.810. The van der Waals surface area contributed by atoms with E-state index in [4.69, 9.17) is 23.8 Å². The Kier molecular flexibility index (Phi) is 4.27. The van der Waals surface area contributed by atoms with Gasteiger partial charge < -0.3 is 4.90 Å². The molecule has 6 heteroatoms. The number of hydrogen-bond donors (Lipinski definition) is 1. The lowest BCUT2D eigenvalue weighted by molar-refractivity contribution is 0.804. The van der Waals surface area contributed by atoms with Crippen LogP contribution in [0.25, 0.3) is 5.69 Å². The first kappa shape index (κ1) is 14.8. The Morgan fingerprint density at radius 2 is 1.82 bits per heavy atom. The van der Waals surface area contributed by atoms with Crippen molar-refractivity contribution in [1.29, 1.82) is 0 Å². The van der Waals surface area contributed by atoms with Gasteiger partial charge in [0.05, 0.1) is 17.3 Å². The largest absolute Gasteiger partial charge is 0.367 e. The highest BCUT2D eigenvalue weighted by molar-refractivity contribution is 7.71. The van der Waals surface area contributed by atoms with Crippen LogP contribution in [-0.2, 0) is 6.54 Å². The van der Waals surface area contributed by atoms with Gasteiger partial charge in [0, 0.05) is 12.7 Å². The molecule has 0 aliphatic rings. The summed E-state index contributed by atoms with van der Waals surface area (Å²) in [5.41, 5.74) is 1.95. The van der Waals surface area contributed by atoms with Crippen LogP contribution in [0.2, 0.25) is 5.02 Å². The van der Waals surface area contributed by atoms with Gasteiger partial charge in [0.1, 0.15) is 0 Å². The quantitative estimate of drug-likeness (QED) is 0.728. The molecular formula is C16H15ClN4S. The van der Waals surface area contributed by atoms with Crippen molar-refractivity contribution in [3.63, 3.8) is 0 Å². The molecule has 3 rings (SSSR count). The van der Waals surface area contributed by atoms with Crippen molar-refractivity contribution in [2.75, 3.05) is 11.9 Å². The molecule has 0 unspecified atom stereocenters. The van der Waals surface area contributed by atoms with E-state index < -0.39 is 0 Å². The van der Waals surface area contributed by atoms with Crippen molar-refractivity contribution in [2.45, 2.75) is 6.54 Å². The summed E-state index contributed by atoms with van der Waals surface area (Å²) in [5, 5.41) is 7.84. The molecule has 2 aromatic carbocycles. The summed E-state index contributed by atoms with van der Waals surface area (Å²) in [6.45, 7) is 0.613. The number of halogens is 1. The van der Waals surface area contributed by atoms with Crippen molar-refractivity contribution in [1.82, 2.24) is 14.8 Å². The van der Waals surface area contributed by atoms with Crippen molar-refractivity contribution in [2.24, 2.45) is 0 Å². The maximum absolute atomic E-state index is 6.29. The summed E-state index contributed by atoms with van der Waals surface area (Å²) in [7, 11) is 2.02. The highest BCUT2D eigenvalue weighted by atomic mass is 35.5. The normalized spacial score (nSPS) is 10.6. The van der Waals surface area contributed by atoms with E-state index in [1.165, 1.54) is 0 Å². The Bertz CT molecular complexity index is 825. The Balaban J connectivity index is 1.97. The smallest absolute Gasteiger partial charge is 0.199 e. The molecule has 112 valence electrons. The third-order valence-electron chi connectivity index (χ3n) is 3.41. The molecule has 0 radical (unpaired) electrons. The van der Waals surface area contributed by atoms with E-state index in [2.05, 4.69) is 27.2 Å². The van der Waals surface area contributed by atoms with Gasteiger partial charge in [0.2, 0.25) is 0 Å². The van der Waals surface area contributed by atoms with Crippen LogP contribution in [0.5, 0.6) is 0 Å². The van der Waals surface area contributed by atoms with Gasteiger partial charge in [-0.2, -0.15) is 5.10 Å². The lowest BCUT2D eigenvalue weighted by Crippen LogP contribution is -2.19. The molecule has 3 aromatic rings. The summed E-state index contributed by atoms with van der Waals surface area (Å²) in [4.78, 5) is 2.11. The fourth-order valence-electron chi connectivity index (χ4n) is 2.30. The van der Waals surface area contributed by atoms with Crippen molar-refractivity contribution < 1.29 is 0 Å². The van der Waals surface area contributed by atoms with E-state index in [1.54, 1.807) is 0 Å². The number of aromatic nitrogens is 3. The van der Waals surface area contributed by atoms with Crippen LogP contribution in [0.4, 0.5) is 5.69 Å². The van der Waals surface area contributed by atoms with Gasteiger partial charge in [-0.05, 0) is 36.5 Å². The molecule has 0 aliphatic heterocycles. The number of nitrogens with zero attached hydrogens (tertiary/aromatic N) is 3. The number of para-hydroxylation sites is 2. The van der Waals surface area contributed by atoms with E-state index >= 15 is 0 Å². The number of H-pyrrole nitrogens is 1. The molecule has 0 saturated carbocycles. The Morgan fingerprint density at radius 3 is 2.55 bits per heavy atom. The van der Waals surface area contributed by atoms with Gasteiger partial charge in [-0.3, -0.25) is 9.67 Å². The maximum atomic E-state index is 6.29. The lowest BCUT2D eigenvalue weighted by Gasteiger charge is -2.19. The van der Waals surface area contributed by atoms with Crippen LogP contribution >= 0.6 is 23.8 Å². The molecule has 0 bridgehead atoms. The van der Waals surface area contributed by atoms with Crippen LogP contribution in [0, 0.1) is 4.77 Å². The lowest BCUT2D eigenvalue weighted by atomic mass is 10.3. The van der Waals surface area contributed by atoms with Gasteiger partial charge in [-0.25, -0.2) is 0 Å².